The number of nitrogen functional groups attached to an aromatic ring is 1. The van der Waals surface area contributed by atoms with Gasteiger partial charge in [0.1, 0.15) is 5.75 Å². The maximum Gasteiger partial charge on any atom is 0.259 e. The smallest absolute Gasteiger partial charge is 0.259 e. The Bertz CT molecular complexity index is 617. The first-order valence-corrected chi connectivity index (χ1v) is 5.46. The Kier molecular flexibility index (Phi) is 3.61. The molecule has 0 atom stereocenters. The number of aromatic nitrogens is 1. The molecule has 1 aromatic heterocycles. The summed E-state index contributed by atoms with van der Waals surface area (Å²) in [6.45, 7) is 0. The van der Waals surface area contributed by atoms with Gasteiger partial charge < -0.3 is 15.8 Å². The van der Waals surface area contributed by atoms with Gasteiger partial charge in [0, 0.05) is 18.0 Å². The van der Waals surface area contributed by atoms with E-state index in [0.29, 0.717) is 11.4 Å². The van der Waals surface area contributed by atoms with Crippen molar-refractivity contribution < 1.29 is 13.9 Å². The second-order valence-corrected chi connectivity index (χ2v) is 3.77. The lowest BCUT2D eigenvalue weighted by molar-refractivity contribution is 0.102. The summed E-state index contributed by atoms with van der Waals surface area (Å²) in [5.41, 5.74) is 6.40. The molecule has 98 valence electrons. The van der Waals surface area contributed by atoms with E-state index < -0.39 is 11.7 Å². The molecule has 0 bridgehead atoms. The first kappa shape index (κ1) is 12.8. The third kappa shape index (κ3) is 2.79. The highest BCUT2D eigenvalue weighted by Gasteiger charge is 2.14. The molecule has 19 heavy (non-hydrogen) atoms. The summed E-state index contributed by atoms with van der Waals surface area (Å²) in [5.74, 6) is -0.765. The van der Waals surface area contributed by atoms with Crippen LogP contribution in [0.1, 0.15) is 10.4 Å². The first-order valence-electron chi connectivity index (χ1n) is 5.46. The fraction of sp³-hybridized carbons (Fsp3) is 0.0769. The molecule has 0 aliphatic rings. The van der Waals surface area contributed by atoms with Crippen molar-refractivity contribution in [3.8, 4) is 5.75 Å². The van der Waals surface area contributed by atoms with Gasteiger partial charge in [0.05, 0.1) is 24.6 Å². The quantitative estimate of drug-likeness (QED) is 0.829. The average Bonchev–Trinajstić information content (AvgIpc) is 2.41. The normalized spacial score (nSPS) is 10.0. The molecular weight excluding hydrogens is 249 g/mol. The number of amides is 1. The van der Waals surface area contributed by atoms with E-state index in [1.54, 1.807) is 6.07 Å². The lowest BCUT2D eigenvalue weighted by atomic mass is 10.1. The number of ether oxygens (including phenoxy) is 1. The third-order valence-electron chi connectivity index (χ3n) is 2.49. The molecule has 2 rings (SSSR count). The molecule has 0 saturated carbocycles. The molecule has 0 fully saturated rings. The summed E-state index contributed by atoms with van der Waals surface area (Å²) in [6, 6.07) is 5.98. The number of rotatable bonds is 3. The molecule has 1 heterocycles. The topological polar surface area (TPSA) is 77.2 Å². The minimum absolute atomic E-state index is 0.0545. The second-order valence-electron chi connectivity index (χ2n) is 3.77. The molecule has 0 unspecified atom stereocenters. The van der Waals surface area contributed by atoms with E-state index in [-0.39, 0.29) is 11.3 Å². The largest absolute Gasteiger partial charge is 0.496 e. The summed E-state index contributed by atoms with van der Waals surface area (Å²) < 4.78 is 18.5. The number of hydrogen-bond acceptors (Lipinski definition) is 4. The van der Waals surface area contributed by atoms with Crippen molar-refractivity contribution in [2.45, 2.75) is 0 Å². The van der Waals surface area contributed by atoms with Crippen molar-refractivity contribution in [3.63, 3.8) is 0 Å². The molecule has 0 aliphatic carbocycles. The van der Waals surface area contributed by atoms with Crippen molar-refractivity contribution in [1.29, 1.82) is 0 Å². The maximum atomic E-state index is 13.4. The van der Waals surface area contributed by atoms with Crippen molar-refractivity contribution in [2.24, 2.45) is 0 Å². The molecular formula is C13H12FN3O2. The van der Waals surface area contributed by atoms with E-state index in [2.05, 4.69) is 10.3 Å². The zero-order valence-corrected chi connectivity index (χ0v) is 10.2. The Labute approximate surface area is 109 Å². The number of carbonyl (C=O) groups excluding carboxylic acids is 1. The molecule has 1 aromatic carbocycles. The van der Waals surface area contributed by atoms with Crippen LogP contribution < -0.4 is 15.8 Å². The lowest BCUT2D eigenvalue weighted by Crippen LogP contribution is -2.14. The van der Waals surface area contributed by atoms with Crippen LogP contribution in [0.15, 0.2) is 36.7 Å². The third-order valence-corrected chi connectivity index (χ3v) is 2.49. The number of nitrogens with one attached hydrogen (secondary N) is 1. The highest BCUT2D eigenvalue weighted by molar-refractivity contribution is 6.06. The standard InChI is InChI=1S/C13H12FN3O2/c1-19-12-6-8(15)2-3-9(12)13(18)17-11-4-5-16-7-10(11)14/h2-7H,15H2,1H3,(H,16,17,18). The van der Waals surface area contributed by atoms with Crippen LogP contribution in [0, 0.1) is 5.82 Å². The Balaban J connectivity index is 2.28. The lowest BCUT2D eigenvalue weighted by Gasteiger charge is -2.10. The van der Waals surface area contributed by atoms with Gasteiger partial charge in [-0.3, -0.25) is 9.78 Å². The van der Waals surface area contributed by atoms with Gasteiger partial charge in [0.15, 0.2) is 5.82 Å². The van der Waals surface area contributed by atoms with Crippen LogP contribution in [-0.4, -0.2) is 18.0 Å². The number of carbonyl (C=O) groups is 1. The Morgan fingerprint density at radius 3 is 2.89 bits per heavy atom. The average molecular weight is 261 g/mol. The van der Waals surface area contributed by atoms with Crippen LogP contribution in [0.3, 0.4) is 0 Å². The highest BCUT2D eigenvalue weighted by Crippen LogP contribution is 2.23. The summed E-state index contributed by atoms with van der Waals surface area (Å²) in [7, 11) is 1.43. The van der Waals surface area contributed by atoms with Gasteiger partial charge in [0.2, 0.25) is 0 Å². The maximum absolute atomic E-state index is 13.4. The number of hydrogen-bond donors (Lipinski definition) is 2. The van der Waals surface area contributed by atoms with Crippen LogP contribution in [0.2, 0.25) is 0 Å². The van der Waals surface area contributed by atoms with E-state index in [1.807, 2.05) is 0 Å². The highest BCUT2D eigenvalue weighted by atomic mass is 19.1. The molecule has 0 aliphatic heterocycles. The number of nitrogens with zero attached hydrogens (tertiary/aromatic N) is 1. The SMILES string of the molecule is COc1cc(N)ccc1C(=O)Nc1ccncc1F. The van der Waals surface area contributed by atoms with Gasteiger partial charge in [-0.25, -0.2) is 4.39 Å². The summed E-state index contributed by atoms with van der Waals surface area (Å²) in [6.07, 6.45) is 2.41. The molecule has 0 radical (unpaired) electrons. The van der Waals surface area contributed by atoms with Crippen LogP contribution in [0.5, 0.6) is 5.75 Å². The summed E-state index contributed by atoms with van der Waals surface area (Å²) in [4.78, 5) is 15.6. The summed E-state index contributed by atoms with van der Waals surface area (Å²) in [5, 5.41) is 2.45. The predicted octanol–water partition coefficient (Wildman–Crippen LogP) is 2.06. The first-order chi connectivity index (χ1) is 9.11. The Morgan fingerprint density at radius 1 is 1.42 bits per heavy atom. The molecule has 3 N–H and O–H groups in total. The Hall–Kier alpha value is -2.63. The Morgan fingerprint density at radius 2 is 2.21 bits per heavy atom. The number of nitrogens with two attached hydrogens (primary N) is 1. The zero-order valence-electron chi connectivity index (χ0n) is 10.2. The fourth-order valence-corrected chi connectivity index (χ4v) is 1.56. The van der Waals surface area contributed by atoms with Crippen molar-refractivity contribution >= 4 is 17.3 Å². The summed E-state index contributed by atoms with van der Waals surface area (Å²) >= 11 is 0. The van der Waals surface area contributed by atoms with E-state index in [4.69, 9.17) is 10.5 Å². The van der Waals surface area contributed by atoms with Crippen LogP contribution in [-0.2, 0) is 0 Å². The number of anilines is 2. The van der Waals surface area contributed by atoms with Crippen molar-refractivity contribution in [3.05, 3.63) is 48.0 Å². The number of halogens is 1. The van der Waals surface area contributed by atoms with Gasteiger partial charge in [-0.05, 0) is 18.2 Å². The molecule has 1 amide bonds. The van der Waals surface area contributed by atoms with E-state index in [9.17, 15) is 9.18 Å². The molecule has 0 spiro atoms. The van der Waals surface area contributed by atoms with Crippen molar-refractivity contribution in [1.82, 2.24) is 4.98 Å². The van der Waals surface area contributed by atoms with Gasteiger partial charge in [-0.2, -0.15) is 0 Å². The monoisotopic (exact) mass is 261 g/mol. The van der Waals surface area contributed by atoms with E-state index >= 15 is 0 Å². The van der Waals surface area contributed by atoms with Crippen LogP contribution >= 0.6 is 0 Å². The number of methoxy groups -OCH3 is 1. The molecule has 0 saturated heterocycles. The van der Waals surface area contributed by atoms with E-state index in [0.717, 1.165) is 6.20 Å². The zero-order chi connectivity index (χ0) is 13.8. The van der Waals surface area contributed by atoms with E-state index in [1.165, 1.54) is 31.5 Å². The minimum Gasteiger partial charge on any atom is -0.496 e. The molecule has 6 heteroatoms. The fourth-order valence-electron chi connectivity index (χ4n) is 1.56. The molecule has 2 aromatic rings. The van der Waals surface area contributed by atoms with Gasteiger partial charge in [0.25, 0.3) is 5.91 Å². The number of pyridine rings is 1. The van der Waals surface area contributed by atoms with Gasteiger partial charge in [-0.15, -0.1) is 0 Å². The van der Waals surface area contributed by atoms with Gasteiger partial charge in [-0.1, -0.05) is 0 Å². The minimum atomic E-state index is -0.606. The number of benzene rings is 1. The predicted molar refractivity (Wildman–Crippen MR) is 69.6 cm³/mol. The molecule has 5 nitrogen and oxygen atoms in total. The van der Waals surface area contributed by atoms with Crippen molar-refractivity contribution in [2.75, 3.05) is 18.2 Å². The van der Waals surface area contributed by atoms with Gasteiger partial charge >= 0.3 is 0 Å². The second kappa shape index (κ2) is 5.34. The van der Waals surface area contributed by atoms with Crippen LogP contribution in [0.25, 0.3) is 0 Å². The van der Waals surface area contributed by atoms with Crippen LogP contribution in [0.4, 0.5) is 15.8 Å².